The van der Waals surface area contributed by atoms with Crippen LogP contribution in [0.1, 0.15) is 12.0 Å². The third kappa shape index (κ3) is 5.48. The van der Waals surface area contributed by atoms with Crippen LogP contribution >= 0.6 is 0 Å². The first-order chi connectivity index (χ1) is 15.4. The molecule has 1 aliphatic rings. The molecule has 1 amide bonds. The SMILES string of the molecule is COc1cccc(OC)c1OCC(O)CNC(=O)CCN=C1NS(=O)(=O)c2ccccc21. The van der Waals surface area contributed by atoms with E-state index in [1.165, 1.54) is 20.3 Å². The van der Waals surface area contributed by atoms with E-state index in [0.29, 0.717) is 22.8 Å². The molecule has 2 aromatic rings. The molecule has 0 radical (unpaired) electrons. The van der Waals surface area contributed by atoms with Crippen molar-refractivity contribution in [3.05, 3.63) is 48.0 Å². The minimum absolute atomic E-state index is 0.0255. The molecule has 3 N–H and O–H groups in total. The lowest BCUT2D eigenvalue weighted by molar-refractivity contribution is -0.121. The molecule has 0 spiro atoms. The van der Waals surface area contributed by atoms with Gasteiger partial charge in [0.1, 0.15) is 18.5 Å². The van der Waals surface area contributed by atoms with Crippen LogP contribution in [0.3, 0.4) is 0 Å². The number of para-hydroxylation sites is 1. The van der Waals surface area contributed by atoms with E-state index in [4.69, 9.17) is 14.2 Å². The third-order valence-electron chi connectivity index (χ3n) is 4.61. The van der Waals surface area contributed by atoms with Crippen LogP contribution < -0.4 is 24.2 Å². The van der Waals surface area contributed by atoms with Gasteiger partial charge in [-0.2, -0.15) is 0 Å². The number of fused-ring (bicyclic) bond motifs is 1. The summed E-state index contributed by atoms with van der Waals surface area (Å²) in [6.07, 6.45) is -0.935. The fourth-order valence-corrected chi connectivity index (χ4v) is 4.29. The number of benzene rings is 2. The van der Waals surface area contributed by atoms with Crippen molar-refractivity contribution >= 4 is 21.8 Å². The van der Waals surface area contributed by atoms with Gasteiger partial charge in [0.05, 0.1) is 25.7 Å². The highest BCUT2D eigenvalue weighted by atomic mass is 32.2. The summed E-state index contributed by atoms with van der Waals surface area (Å²) < 4.78 is 42.6. The minimum Gasteiger partial charge on any atom is -0.493 e. The lowest BCUT2D eigenvalue weighted by atomic mass is 10.2. The van der Waals surface area contributed by atoms with E-state index in [2.05, 4.69) is 15.0 Å². The fraction of sp³-hybridized carbons (Fsp3) is 0.333. The van der Waals surface area contributed by atoms with Gasteiger partial charge in [0.2, 0.25) is 11.7 Å². The van der Waals surface area contributed by atoms with Gasteiger partial charge in [-0.25, -0.2) is 8.42 Å². The molecule has 0 aromatic heterocycles. The summed E-state index contributed by atoms with van der Waals surface area (Å²) in [5.41, 5.74) is 0.479. The number of ether oxygens (including phenoxy) is 3. The molecule has 172 valence electrons. The fourth-order valence-electron chi connectivity index (χ4n) is 3.04. The van der Waals surface area contributed by atoms with Crippen molar-refractivity contribution in [1.82, 2.24) is 10.0 Å². The minimum atomic E-state index is -3.61. The first-order valence-electron chi connectivity index (χ1n) is 9.81. The number of carbonyl (C=O) groups is 1. The van der Waals surface area contributed by atoms with E-state index in [-0.39, 0.29) is 42.8 Å². The predicted octanol–water partition coefficient (Wildman–Crippen LogP) is 0.689. The van der Waals surface area contributed by atoms with Crippen molar-refractivity contribution < 1.29 is 32.5 Å². The molecule has 0 saturated carbocycles. The van der Waals surface area contributed by atoms with Crippen LogP contribution in [0.25, 0.3) is 0 Å². The van der Waals surface area contributed by atoms with Crippen LogP contribution in [0.5, 0.6) is 17.2 Å². The molecule has 10 nitrogen and oxygen atoms in total. The average Bonchev–Trinajstić information content (AvgIpc) is 3.06. The van der Waals surface area contributed by atoms with E-state index in [9.17, 15) is 18.3 Å². The lowest BCUT2D eigenvalue weighted by Gasteiger charge is -2.17. The maximum Gasteiger partial charge on any atom is 0.263 e. The number of hydrogen-bond acceptors (Lipinski definition) is 8. The van der Waals surface area contributed by atoms with Crippen molar-refractivity contribution in [2.24, 2.45) is 4.99 Å². The van der Waals surface area contributed by atoms with E-state index in [0.717, 1.165) is 0 Å². The molecule has 0 saturated heterocycles. The average molecular weight is 464 g/mol. The van der Waals surface area contributed by atoms with Gasteiger partial charge in [-0.1, -0.05) is 18.2 Å². The summed E-state index contributed by atoms with van der Waals surface area (Å²) in [6, 6.07) is 11.7. The number of amides is 1. The van der Waals surface area contributed by atoms with Gasteiger partial charge in [0.25, 0.3) is 10.0 Å². The number of amidine groups is 1. The van der Waals surface area contributed by atoms with Gasteiger partial charge >= 0.3 is 0 Å². The number of aliphatic imine (C=N–C) groups is 1. The van der Waals surface area contributed by atoms with Gasteiger partial charge in [-0.05, 0) is 24.3 Å². The molecule has 1 unspecified atom stereocenters. The number of nitrogens with one attached hydrogen (secondary N) is 2. The smallest absolute Gasteiger partial charge is 0.263 e. The van der Waals surface area contributed by atoms with Crippen molar-refractivity contribution in [3.63, 3.8) is 0 Å². The molecule has 3 rings (SSSR count). The number of rotatable bonds is 10. The van der Waals surface area contributed by atoms with Crippen LogP contribution in [0, 0.1) is 0 Å². The number of methoxy groups -OCH3 is 2. The van der Waals surface area contributed by atoms with Gasteiger partial charge < -0.3 is 24.6 Å². The van der Waals surface area contributed by atoms with Crippen LogP contribution in [0.4, 0.5) is 0 Å². The lowest BCUT2D eigenvalue weighted by Crippen LogP contribution is -2.35. The van der Waals surface area contributed by atoms with Crippen LogP contribution in [0.15, 0.2) is 52.4 Å². The second-order valence-electron chi connectivity index (χ2n) is 6.84. The Kier molecular flexibility index (Phi) is 7.54. The summed E-state index contributed by atoms with van der Waals surface area (Å²) in [4.78, 5) is 16.4. The molecule has 0 bridgehead atoms. The zero-order chi connectivity index (χ0) is 23.1. The summed E-state index contributed by atoms with van der Waals surface area (Å²) >= 11 is 0. The summed E-state index contributed by atoms with van der Waals surface area (Å²) in [7, 11) is -0.619. The Morgan fingerprint density at radius 2 is 1.81 bits per heavy atom. The predicted molar refractivity (Wildman–Crippen MR) is 117 cm³/mol. The topological polar surface area (TPSA) is 136 Å². The molecule has 32 heavy (non-hydrogen) atoms. The van der Waals surface area contributed by atoms with Crippen LogP contribution in [-0.4, -0.2) is 65.3 Å². The number of carbonyl (C=O) groups excluding carboxylic acids is 1. The van der Waals surface area contributed by atoms with Crippen LogP contribution in [-0.2, 0) is 14.8 Å². The van der Waals surface area contributed by atoms with Crippen molar-refractivity contribution in [2.75, 3.05) is 33.9 Å². The zero-order valence-electron chi connectivity index (χ0n) is 17.7. The molecule has 11 heteroatoms. The highest BCUT2D eigenvalue weighted by Gasteiger charge is 2.29. The Labute approximate surface area is 186 Å². The second-order valence-corrected chi connectivity index (χ2v) is 8.49. The second kappa shape index (κ2) is 10.3. The molecular formula is C21H25N3O7S. The molecule has 0 aliphatic carbocycles. The Balaban J connectivity index is 1.46. The number of nitrogens with zero attached hydrogens (tertiary/aromatic N) is 1. The number of aliphatic hydroxyl groups excluding tert-OH is 1. The van der Waals surface area contributed by atoms with Crippen molar-refractivity contribution in [2.45, 2.75) is 17.4 Å². The van der Waals surface area contributed by atoms with Crippen LogP contribution in [0.2, 0.25) is 0 Å². The summed E-state index contributed by atoms with van der Waals surface area (Å²) in [5, 5.41) is 12.7. The Bertz CT molecular complexity index is 1080. The normalized spacial score (nSPS) is 16.0. The standard InChI is InChI=1S/C21H25N3O7S/c1-29-16-7-5-8-17(30-2)20(16)31-13-14(25)12-23-19(26)10-11-22-21-15-6-3-4-9-18(15)32(27,28)24-21/h3-9,14,25H,10-13H2,1-2H3,(H,22,24)(H,23,26). The number of sulfonamides is 1. The molecule has 0 fully saturated rings. The molecule has 2 aromatic carbocycles. The van der Waals surface area contributed by atoms with Gasteiger partial charge in [-0.3, -0.25) is 14.5 Å². The first-order valence-corrected chi connectivity index (χ1v) is 11.3. The number of aliphatic hydroxyl groups is 1. The third-order valence-corrected chi connectivity index (χ3v) is 6.01. The van der Waals surface area contributed by atoms with E-state index < -0.39 is 16.1 Å². The largest absolute Gasteiger partial charge is 0.493 e. The molecule has 1 aliphatic heterocycles. The number of hydrogen-bond donors (Lipinski definition) is 3. The van der Waals surface area contributed by atoms with E-state index in [1.807, 2.05) is 0 Å². The highest BCUT2D eigenvalue weighted by Crippen LogP contribution is 2.36. The van der Waals surface area contributed by atoms with E-state index >= 15 is 0 Å². The van der Waals surface area contributed by atoms with E-state index in [1.54, 1.807) is 36.4 Å². The Morgan fingerprint density at radius 3 is 2.50 bits per heavy atom. The summed E-state index contributed by atoms with van der Waals surface area (Å²) in [5.74, 6) is 1.16. The zero-order valence-corrected chi connectivity index (χ0v) is 18.5. The highest BCUT2D eigenvalue weighted by molar-refractivity contribution is 7.90. The summed E-state index contributed by atoms with van der Waals surface area (Å²) in [6.45, 7) is -0.0246. The monoisotopic (exact) mass is 463 g/mol. The first kappa shape index (κ1) is 23.4. The molecular weight excluding hydrogens is 438 g/mol. The molecule has 1 heterocycles. The maximum absolute atomic E-state index is 12.1. The van der Waals surface area contributed by atoms with Gasteiger partial charge in [0.15, 0.2) is 11.5 Å². The van der Waals surface area contributed by atoms with Gasteiger partial charge in [-0.15, -0.1) is 0 Å². The van der Waals surface area contributed by atoms with Crippen molar-refractivity contribution in [1.29, 1.82) is 0 Å². The van der Waals surface area contributed by atoms with Gasteiger partial charge in [0, 0.05) is 18.5 Å². The quantitative estimate of drug-likeness (QED) is 0.472. The maximum atomic E-state index is 12.1. The van der Waals surface area contributed by atoms with Crippen molar-refractivity contribution in [3.8, 4) is 17.2 Å². The molecule has 1 atom stereocenters. The Hall–Kier alpha value is -3.31. The Morgan fingerprint density at radius 1 is 1.12 bits per heavy atom.